The minimum atomic E-state index is -1.15. The molecule has 0 aliphatic carbocycles. The number of barbiturate groups is 1. The zero-order chi connectivity index (χ0) is 21.0. The lowest BCUT2D eigenvalue weighted by atomic mass is 10.1. The Bertz CT molecular complexity index is 1080. The molecule has 0 spiro atoms. The predicted octanol–water partition coefficient (Wildman–Crippen LogP) is 2.06. The van der Waals surface area contributed by atoms with Crippen LogP contribution in [0.3, 0.4) is 0 Å². The van der Waals surface area contributed by atoms with Crippen molar-refractivity contribution in [3.8, 4) is 18.1 Å². The number of ether oxygens (including phenoxy) is 1. The van der Waals surface area contributed by atoms with Gasteiger partial charge in [-0.2, -0.15) is 0 Å². The minimum absolute atomic E-state index is 0.000860. The predicted molar refractivity (Wildman–Crippen MR) is 103 cm³/mol. The first-order valence-electron chi connectivity index (χ1n) is 8.32. The lowest BCUT2D eigenvalue weighted by Gasteiger charge is -2.26. The molecular weight excluding hydrogens is 376 g/mol. The fourth-order valence-electron chi connectivity index (χ4n) is 2.65. The van der Waals surface area contributed by atoms with Crippen molar-refractivity contribution in [1.82, 2.24) is 5.32 Å². The van der Waals surface area contributed by atoms with Gasteiger partial charge in [0.05, 0.1) is 11.3 Å². The van der Waals surface area contributed by atoms with Crippen LogP contribution in [0.4, 0.5) is 10.5 Å². The third-order valence-electron chi connectivity index (χ3n) is 4.00. The van der Waals surface area contributed by atoms with E-state index in [2.05, 4.69) is 11.2 Å². The number of terminal acetylenes is 1. The number of rotatable bonds is 5. The van der Waals surface area contributed by atoms with Crippen LogP contribution in [0.2, 0.25) is 0 Å². The smallest absolute Gasteiger partial charge is 0.335 e. The Morgan fingerprint density at radius 1 is 1.14 bits per heavy atom. The van der Waals surface area contributed by atoms with Gasteiger partial charge < -0.3 is 9.84 Å². The number of carboxylic acid groups (broad SMARTS) is 1. The number of benzene rings is 2. The highest BCUT2D eigenvalue weighted by atomic mass is 16.5. The number of hydrogen-bond acceptors (Lipinski definition) is 5. The van der Waals surface area contributed by atoms with E-state index < -0.39 is 23.8 Å². The van der Waals surface area contributed by atoms with Crippen molar-refractivity contribution >= 4 is 35.6 Å². The number of anilines is 1. The number of carbonyl (C=O) groups excluding carboxylic acids is 3. The number of urea groups is 1. The molecule has 1 heterocycles. The summed E-state index contributed by atoms with van der Waals surface area (Å²) in [7, 11) is 0. The van der Waals surface area contributed by atoms with Crippen molar-refractivity contribution in [2.75, 3.05) is 11.5 Å². The molecule has 0 bridgehead atoms. The number of carbonyl (C=O) groups is 4. The second-order valence-electron chi connectivity index (χ2n) is 5.84. The number of nitrogens with zero attached hydrogens (tertiary/aromatic N) is 1. The van der Waals surface area contributed by atoms with Crippen molar-refractivity contribution in [1.29, 1.82) is 0 Å². The van der Waals surface area contributed by atoms with Gasteiger partial charge in [0.2, 0.25) is 0 Å². The van der Waals surface area contributed by atoms with E-state index in [-0.39, 0.29) is 23.4 Å². The zero-order valence-corrected chi connectivity index (χ0v) is 14.9. The van der Waals surface area contributed by atoms with E-state index in [1.807, 2.05) is 0 Å². The van der Waals surface area contributed by atoms with Gasteiger partial charge in [-0.3, -0.25) is 14.9 Å². The first kappa shape index (κ1) is 19.4. The SMILES string of the molecule is C#CCOc1ccccc1/C=C1\C(=O)NC(=O)N(c2ccc(C(=O)O)cc2)C1=O. The Morgan fingerprint density at radius 3 is 2.48 bits per heavy atom. The van der Waals surface area contributed by atoms with Crippen molar-refractivity contribution in [3.63, 3.8) is 0 Å². The highest BCUT2D eigenvalue weighted by Crippen LogP contribution is 2.25. The molecule has 8 heteroatoms. The fraction of sp³-hybridized carbons (Fsp3) is 0.0476. The summed E-state index contributed by atoms with van der Waals surface area (Å²) in [6.07, 6.45) is 6.49. The molecule has 1 fully saturated rings. The Hall–Kier alpha value is -4.38. The average Bonchev–Trinajstić information content (AvgIpc) is 2.70. The van der Waals surface area contributed by atoms with Crippen LogP contribution in [-0.2, 0) is 9.59 Å². The molecule has 2 aromatic carbocycles. The third kappa shape index (κ3) is 3.99. The standard InChI is InChI=1S/C21H14N2O6/c1-2-11-29-17-6-4-3-5-14(17)12-16-18(24)22-21(28)23(19(16)25)15-9-7-13(8-10-15)20(26)27/h1,3-10,12H,11H2,(H,26,27)(H,22,24,28)/b16-12+. The van der Waals surface area contributed by atoms with Crippen LogP contribution in [0.25, 0.3) is 6.08 Å². The highest BCUT2D eigenvalue weighted by molar-refractivity contribution is 6.39. The van der Waals surface area contributed by atoms with E-state index in [9.17, 15) is 19.2 Å². The first-order valence-corrected chi connectivity index (χ1v) is 8.32. The van der Waals surface area contributed by atoms with Gasteiger partial charge in [0.25, 0.3) is 11.8 Å². The minimum Gasteiger partial charge on any atom is -0.480 e. The molecule has 29 heavy (non-hydrogen) atoms. The molecule has 0 unspecified atom stereocenters. The van der Waals surface area contributed by atoms with E-state index >= 15 is 0 Å². The summed E-state index contributed by atoms with van der Waals surface area (Å²) >= 11 is 0. The second-order valence-corrected chi connectivity index (χ2v) is 5.84. The molecule has 1 aliphatic rings. The fourth-order valence-corrected chi connectivity index (χ4v) is 2.65. The lowest BCUT2D eigenvalue weighted by molar-refractivity contribution is -0.122. The first-order chi connectivity index (χ1) is 13.9. The Morgan fingerprint density at radius 2 is 1.83 bits per heavy atom. The van der Waals surface area contributed by atoms with Gasteiger partial charge in [0, 0.05) is 5.56 Å². The Kier molecular flexibility index (Phi) is 5.42. The normalized spacial score (nSPS) is 15.1. The van der Waals surface area contributed by atoms with Crippen molar-refractivity contribution in [3.05, 3.63) is 65.2 Å². The van der Waals surface area contributed by atoms with Crippen LogP contribution in [0.15, 0.2) is 54.1 Å². The molecule has 0 radical (unpaired) electrons. The van der Waals surface area contributed by atoms with Gasteiger partial charge in [-0.05, 0) is 36.4 Å². The number of amides is 4. The highest BCUT2D eigenvalue weighted by Gasteiger charge is 2.37. The molecule has 4 amide bonds. The van der Waals surface area contributed by atoms with Crippen molar-refractivity contribution < 1.29 is 29.0 Å². The number of para-hydroxylation sites is 1. The number of hydrogen-bond donors (Lipinski definition) is 2. The van der Waals surface area contributed by atoms with Gasteiger partial charge in [-0.25, -0.2) is 14.5 Å². The Balaban J connectivity index is 1.98. The van der Waals surface area contributed by atoms with Gasteiger partial charge in [-0.15, -0.1) is 6.42 Å². The summed E-state index contributed by atoms with van der Waals surface area (Å²) in [5, 5.41) is 11.1. The van der Waals surface area contributed by atoms with Crippen LogP contribution >= 0.6 is 0 Å². The van der Waals surface area contributed by atoms with E-state index in [0.29, 0.717) is 11.3 Å². The number of carboxylic acids is 1. The molecule has 2 N–H and O–H groups in total. The van der Waals surface area contributed by atoms with Crippen molar-refractivity contribution in [2.24, 2.45) is 0 Å². The van der Waals surface area contributed by atoms with Crippen LogP contribution in [0.1, 0.15) is 15.9 Å². The van der Waals surface area contributed by atoms with E-state index in [1.165, 1.54) is 30.3 Å². The van der Waals surface area contributed by atoms with Gasteiger partial charge in [-0.1, -0.05) is 24.1 Å². The third-order valence-corrected chi connectivity index (χ3v) is 4.00. The van der Waals surface area contributed by atoms with Gasteiger partial charge >= 0.3 is 12.0 Å². The van der Waals surface area contributed by atoms with E-state index in [4.69, 9.17) is 16.3 Å². The second kappa shape index (κ2) is 8.10. The summed E-state index contributed by atoms with van der Waals surface area (Å²) in [6.45, 7) is 0.000860. The monoisotopic (exact) mass is 390 g/mol. The Labute approximate surface area is 165 Å². The number of imide groups is 2. The van der Waals surface area contributed by atoms with Gasteiger partial charge in [0.15, 0.2) is 0 Å². The number of nitrogens with one attached hydrogen (secondary N) is 1. The molecule has 144 valence electrons. The molecule has 8 nitrogen and oxygen atoms in total. The molecular formula is C21H14N2O6. The van der Waals surface area contributed by atoms with E-state index in [0.717, 1.165) is 4.90 Å². The van der Waals surface area contributed by atoms with Crippen LogP contribution < -0.4 is 15.0 Å². The average molecular weight is 390 g/mol. The quantitative estimate of drug-likeness (QED) is 0.459. The van der Waals surface area contributed by atoms with Crippen LogP contribution in [0.5, 0.6) is 5.75 Å². The van der Waals surface area contributed by atoms with Crippen molar-refractivity contribution in [2.45, 2.75) is 0 Å². The largest absolute Gasteiger partial charge is 0.480 e. The summed E-state index contributed by atoms with van der Waals surface area (Å²) in [5.41, 5.74) is 0.248. The molecule has 3 rings (SSSR count). The van der Waals surface area contributed by atoms with Crippen LogP contribution in [-0.4, -0.2) is 35.5 Å². The van der Waals surface area contributed by atoms with Crippen LogP contribution in [0, 0.1) is 12.3 Å². The maximum absolute atomic E-state index is 12.9. The molecule has 0 saturated carbocycles. The maximum atomic E-state index is 12.9. The summed E-state index contributed by atoms with van der Waals surface area (Å²) in [5.74, 6) is -0.161. The molecule has 0 aromatic heterocycles. The van der Waals surface area contributed by atoms with Gasteiger partial charge in [0.1, 0.15) is 17.9 Å². The molecule has 0 atom stereocenters. The molecule has 1 aliphatic heterocycles. The summed E-state index contributed by atoms with van der Waals surface area (Å²) < 4.78 is 5.41. The maximum Gasteiger partial charge on any atom is 0.335 e. The molecule has 2 aromatic rings. The lowest BCUT2D eigenvalue weighted by Crippen LogP contribution is -2.54. The summed E-state index contributed by atoms with van der Waals surface area (Å²) in [4.78, 5) is 49.1. The zero-order valence-electron chi connectivity index (χ0n) is 14.9. The van der Waals surface area contributed by atoms with E-state index in [1.54, 1.807) is 24.3 Å². The molecule has 1 saturated heterocycles. The topological polar surface area (TPSA) is 113 Å². The summed E-state index contributed by atoms with van der Waals surface area (Å²) in [6, 6.07) is 10.8. The number of aromatic carboxylic acids is 1.